The maximum Gasteiger partial charge on any atom is 0.0856 e. The van der Waals surface area contributed by atoms with E-state index in [9.17, 15) is 15.3 Å². The fourth-order valence-corrected chi connectivity index (χ4v) is 6.87. The minimum Gasteiger partial charge on any atom is -0.393 e. The Hall–Kier alpha value is -0.900. The summed E-state index contributed by atoms with van der Waals surface area (Å²) >= 11 is 0. The van der Waals surface area contributed by atoms with Gasteiger partial charge in [-0.15, -0.1) is 0 Å². The number of rotatable bonds is 7. The first-order valence-electron chi connectivity index (χ1n) is 12.5. The van der Waals surface area contributed by atoms with E-state index in [1.165, 1.54) is 31.3 Å². The minimum absolute atomic E-state index is 0.351. The molecule has 0 radical (unpaired) electrons. The van der Waals surface area contributed by atoms with Crippen LogP contribution in [0.2, 0.25) is 0 Å². The summed E-state index contributed by atoms with van der Waals surface area (Å²) in [6.45, 7) is 12.6. The summed E-state index contributed by atoms with van der Waals surface area (Å²) in [5, 5.41) is 30.9. The lowest BCUT2D eigenvalue weighted by Crippen LogP contribution is -2.36. The van der Waals surface area contributed by atoms with Gasteiger partial charge in [0.2, 0.25) is 0 Å². The van der Waals surface area contributed by atoms with Crippen LogP contribution in [0.3, 0.4) is 0 Å². The van der Waals surface area contributed by atoms with Gasteiger partial charge in [-0.2, -0.15) is 0 Å². The van der Waals surface area contributed by atoms with Crippen molar-refractivity contribution in [3.8, 4) is 0 Å². The second-order valence-corrected chi connectivity index (χ2v) is 12.0. The van der Waals surface area contributed by atoms with E-state index in [4.69, 9.17) is 0 Å². The Bertz CT molecular complexity index is 736. The van der Waals surface area contributed by atoms with E-state index in [-0.39, 0.29) is 0 Å². The largest absolute Gasteiger partial charge is 0.393 e. The van der Waals surface area contributed by atoms with Crippen LogP contribution < -0.4 is 0 Å². The fourth-order valence-electron chi connectivity index (χ4n) is 6.87. The Balaban J connectivity index is 1.71. The number of hydrogen-bond acceptors (Lipinski definition) is 3. The maximum atomic E-state index is 10.6. The van der Waals surface area contributed by atoms with Crippen molar-refractivity contribution in [3.05, 3.63) is 34.9 Å². The molecule has 0 spiro atoms. The number of aliphatic hydroxyl groups excluding tert-OH is 1. The molecule has 0 heterocycles. The van der Waals surface area contributed by atoms with Gasteiger partial charge in [0.15, 0.2) is 0 Å². The molecule has 0 unspecified atom stereocenters. The molecule has 1 saturated carbocycles. The van der Waals surface area contributed by atoms with Gasteiger partial charge in [0.25, 0.3) is 0 Å². The molecule has 6 atom stereocenters. The maximum absolute atomic E-state index is 10.6. The highest BCUT2D eigenvalue weighted by Gasteiger charge is 2.49. The molecule has 3 rings (SSSR count). The van der Waals surface area contributed by atoms with Crippen LogP contribution in [0, 0.1) is 23.2 Å². The highest BCUT2D eigenvalue weighted by Crippen LogP contribution is 2.58. The van der Waals surface area contributed by atoms with Crippen LogP contribution in [-0.2, 0) is 0 Å². The first-order valence-corrected chi connectivity index (χ1v) is 12.5. The van der Waals surface area contributed by atoms with Crippen LogP contribution in [0.25, 0.3) is 0 Å². The van der Waals surface area contributed by atoms with E-state index in [0.717, 1.165) is 36.3 Å². The summed E-state index contributed by atoms with van der Waals surface area (Å²) in [5.74, 6) is 2.04. The summed E-state index contributed by atoms with van der Waals surface area (Å²) in [4.78, 5) is 0. The monoisotopic (exact) mass is 430 g/mol. The quantitative estimate of drug-likeness (QED) is 0.458. The van der Waals surface area contributed by atoms with Gasteiger partial charge in [-0.1, -0.05) is 44.9 Å². The number of aliphatic hydroxyl groups is 3. The van der Waals surface area contributed by atoms with Crippen LogP contribution in [0.15, 0.2) is 34.9 Å². The summed E-state index contributed by atoms with van der Waals surface area (Å²) in [6.07, 6.45) is 15.6. The summed E-state index contributed by atoms with van der Waals surface area (Å²) in [7, 11) is 0. The zero-order chi connectivity index (χ0) is 23.0. The van der Waals surface area contributed by atoms with E-state index in [1.54, 1.807) is 0 Å². The second kappa shape index (κ2) is 9.15. The molecule has 0 aliphatic heterocycles. The van der Waals surface area contributed by atoms with E-state index < -0.39 is 17.3 Å². The Morgan fingerprint density at radius 2 is 1.94 bits per heavy atom. The fraction of sp³-hybridized carbons (Fsp3) is 0.786. The van der Waals surface area contributed by atoms with E-state index in [2.05, 4.69) is 32.1 Å². The van der Waals surface area contributed by atoms with Crippen LogP contribution >= 0.6 is 0 Å². The van der Waals surface area contributed by atoms with Gasteiger partial charge in [0, 0.05) is 6.42 Å². The van der Waals surface area contributed by atoms with Crippen LogP contribution in [0.5, 0.6) is 0 Å². The van der Waals surface area contributed by atoms with Crippen molar-refractivity contribution in [2.24, 2.45) is 23.2 Å². The van der Waals surface area contributed by atoms with Gasteiger partial charge in [-0.05, 0) is 106 Å². The molecular weight excluding hydrogens is 384 g/mol. The average molecular weight is 431 g/mol. The molecule has 3 N–H and O–H groups in total. The molecule has 0 bridgehead atoms. The third kappa shape index (κ3) is 5.54. The first kappa shape index (κ1) is 24.7. The van der Waals surface area contributed by atoms with Crippen LogP contribution in [-0.4, -0.2) is 32.6 Å². The molecule has 3 heteroatoms. The molecule has 0 saturated heterocycles. The Kier molecular flexibility index (Phi) is 7.30. The minimum atomic E-state index is -0.913. The topological polar surface area (TPSA) is 60.7 Å². The number of fused-ring (bicyclic) bond motifs is 1. The van der Waals surface area contributed by atoms with Gasteiger partial charge < -0.3 is 15.3 Å². The van der Waals surface area contributed by atoms with E-state index in [0.29, 0.717) is 30.1 Å². The lowest BCUT2D eigenvalue weighted by atomic mass is 9.62. The highest BCUT2D eigenvalue weighted by atomic mass is 16.3. The Labute approximate surface area is 190 Å². The normalized spacial score (nSPS) is 37.8. The predicted octanol–water partition coefficient (Wildman–Crippen LogP) is 6.09. The number of allylic oxidation sites excluding steroid dienone is 4. The highest BCUT2D eigenvalue weighted by molar-refractivity contribution is 5.38. The zero-order valence-electron chi connectivity index (χ0n) is 20.7. The summed E-state index contributed by atoms with van der Waals surface area (Å²) in [6, 6.07) is 0. The summed E-state index contributed by atoms with van der Waals surface area (Å²) < 4.78 is 0. The van der Waals surface area contributed by atoms with E-state index >= 15 is 0 Å². The van der Waals surface area contributed by atoms with Gasteiger partial charge in [0.1, 0.15) is 0 Å². The standard InChI is InChI=1S/C28H46O3/c1-19(9-7-15-26(3,4)30)24-13-14-25-21(10-8-16-27(24,25)5)11-12-22-17-23(29)18-28(6,31)20(22)2/h10-12,19,23-25,29-31H,7-9,13-18H2,1-6H3/b12-11-/t19-,23-,24-,25+,27-,28-/m1/s1. The van der Waals surface area contributed by atoms with Gasteiger partial charge in [-0.3, -0.25) is 0 Å². The molecule has 0 aromatic heterocycles. The van der Waals surface area contributed by atoms with Crippen molar-refractivity contribution in [3.63, 3.8) is 0 Å². The van der Waals surface area contributed by atoms with E-state index in [1.807, 2.05) is 27.7 Å². The average Bonchev–Trinajstić information content (AvgIpc) is 2.99. The third-order valence-electron chi connectivity index (χ3n) is 8.86. The molecule has 0 aromatic carbocycles. The molecule has 3 aliphatic rings. The van der Waals surface area contributed by atoms with Crippen LogP contribution in [0.1, 0.15) is 99.3 Å². The lowest BCUT2D eigenvalue weighted by molar-refractivity contribution is 0.0212. The molecule has 0 aromatic rings. The smallest absolute Gasteiger partial charge is 0.0856 e. The molecule has 3 nitrogen and oxygen atoms in total. The van der Waals surface area contributed by atoms with Crippen molar-refractivity contribution < 1.29 is 15.3 Å². The molecule has 31 heavy (non-hydrogen) atoms. The van der Waals surface area contributed by atoms with Crippen LogP contribution in [0.4, 0.5) is 0 Å². The van der Waals surface area contributed by atoms with Crippen molar-refractivity contribution in [1.29, 1.82) is 0 Å². The lowest BCUT2D eigenvalue weighted by Gasteiger charge is -2.43. The third-order valence-corrected chi connectivity index (χ3v) is 8.86. The van der Waals surface area contributed by atoms with Crippen molar-refractivity contribution >= 4 is 0 Å². The van der Waals surface area contributed by atoms with Gasteiger partial charge in [0.05, 0.1) is 17.3 Å². The molecule has 3 aliphatic carbocycles. The molecule has 176 valence electrons. The SMILES string of the molecule is CC1=C(/C=C\C2=CCC[C@]3(C)[C@@H]([C@H](C)CCCC(C)(C)O)CC[C@@H]23)C[C@@H](O)C[C@@]1(C)O. The molecule has 0 amide bonds. The zero-order valence-corrected chi connectivity index (χ0v) is 20.7. The first-order chi connectivity index (χ1) is 14.3. The summed E-state index contributed by atoms with van der Waals surface area (Å²) in [5.41, 5.74) is 2.43. The van der Waals surface area contributed by atoms with Gasteiger partial charge >= 0.3 is 0 Å². The number of hydrogen-bond donors (Lipinski definition) is 3. The Morgan fingerprint density at radius 3 is 2.61 bits per heavy atom. The van der Waals surface area contributed by atoms with Crippen molar-refractivity contribution in [2.75, 3.05) is 0 Å². The molecule has 1 fully saturated rings. The van der Waals surface area contributed by atoms with Crippen molar-refractivity contribution in [1.82, 2.24) is 0 Å². The molecular formula is C28H46O3. The second-order valence-electron chi connectivity index (χ2n) is 12.0. The Morgan fingerprint density at radius 1 is 1.23 bits per heavy atom. The van der Waals surface area contributed by atoms with Crippen molar-refractivity contribution in [2.45, 2.75) is 117 Å². The van der Waals surface area contributed by atoms with Gasteiger partial charge in [-0.25, -0.2) is 0 Å². The predicted molar refractivity (Wildman–Crippen MR) is 129 cm³/mol.